The van der Waals surface area contributed by atoms with Crippen LogP contribution in [0.2, 0.25) is 0 Å². The molecule has 5 heteroatoms. The molecule has 3 atom stereocenters. The SMILES string of the molecule is CCOCCOCC(O)CNC1(CO)CCCC(C)C1. The van der Waals surface area contributed by atoms with Gasteiger partial charge in [-0.3, -0.25) is 0 Å². The number of ether oxygens (including phenoxy) is 2. The highest BCUT2D eigenvalue weighted by Gasteiger charge is 2.34. The summed E-state index contributed by atoms with van der Waals surface area (Å²) in [6.45, 7) is 6.82. The topological polar surface area (TPSA) is 71.0 Å². The quantitative estimate of drug-likeness (QED) is 0.522. The van der Waals surface area contributed by atoms with Gasteiger partial charge in [0.15, 0.2) is 0 Å². The first-order valence-electron chi connectivity index (χ1n) is 7.81. The van der Waals surface area contributed by atoms with Gasteiger partial charge in [0, 0.05) is 18.7 Å². The van der Waals surface area contributed by atoms with Gasteiger partial charge in [0.1, 0.15) is 0 Å². The van der Waals surface area contributed by atoms with Crippen molar-refractivity contribution in [1.29, 1.82) is 0 Å². The van der Waals surface area contributed by atoms with Crippen LogP contribution in [-0.2, 0) is 9.47 Å². The lowest BCUT2D eigenvalue weighted by Gasteiger charge is -2.40. The minimum atomic E-state index is -0.544. The summed E-state index contributed by atoms with van der Waals surface area (Å²) in [6.07, 6.45) is 3.77. The first-order valence-corrected chi connectivity index (χ1v) is 7.81. The van der Waals surface area contributed by atoms with E-state index in [-0.39, 0.29) is 12.1 Å². The Balaban J connectivity index is 2.19. The molecule has 1 rings (SSSR count). The van der Waals surface area contributed by atoms with Gasteiger partial charge in [-0.25, -0.2) is 0 Å². The van der Waals surface area contributed by atoms with Crippen molar-refractivity contribution in [1.82, 2.24) is 5.32 Å². The Bertz CT molecular complexity index is 252. The maximum atomic E-state index is 9.90. The van der Waals surface area contributed by atoms with Crippen molar-refractivity contribution in [3.8, 4) is 0 Å². The number of aliphatic hydroxyl groups is 2. The van der Waals surface area contributed by atoms with Crippen molar-refractivity contribution < 1.29 is 19.7 Å². The Morgan fingerprint density at radius 2 is 2.10 bits per heavy atom. The Morgan fingerprint density at radius 1 is 1.35 bits per heavy atom. The van der Waals surface area contributed by atoms with E-state index in [1.165, 1.54) is 6.42 Å². The fourth-order valence-electron chi connectivity index (χ4n) is 2.89. The van der Waals surface area contributed by atoms with Gasteiger partial charge in [0.25, 0.3) is 0 Å². The number of nitrogens with one attached hydrogen (secondary N) is 1. The zero-order valence-electron chi connectivity index (χ0n) is 12.9. The molecule has 0 aromatic rings. The van der Waals surface area contributed by atoms with Gasteiger partial charge in [-0.1, -0.05) is 19.8 Å². The molecule has 0 aromatic carbocycles. The summed E-state index contributed by atoms with van der Waals surface area (Å²) in [5.74, 6) is 0.628. The second-order valence-corrected chi connectivity index (χ2v) is 5.95. The molecule has 0 spiro atoms. The third kappa shape index (κ3) is 6.50. The minimum Gasteiger partial charge on any atom is -0.394 e. The molecule has 0 bridgehead atoms. The van der Waals surface area contributed by atoms with Crippen LogP contribution in [0.3, 0.4) is 0 Å². The zero-order valence-corrected chi connectivity index (χ0v) is 12.9. The van der Waals surface area contributed by atoms with E-state index in [0.29, 0.717) is 38.9 Å². The highest BCUT2D eigenvalue weighted by molar-refractivity contribution is 4.92. The third-order valence-corrected chi connectivity index (χ3v) is 3.99. The van der Waals surface area contributed by atoms with Crippen molar-refractivity contribution in [3.63, 3.8) is 0 Å². The molecule has 1 aliphatic carbocycles. The molecule has 0 amide bonds. The fourth-order valence-corrected chi connectivity index (χ4v) is 2.89. The summed E-state index contributed by atoms with van der Waals surface area (Å²) in [5.41, 5.74) is -0.218. The van der Waals surface area contributed by atoms with Gasteiger partial charge in [0.05, 0.1) is 32.5 Å². The average Bonchev–Trinajstić information content (AvgIpc) is 2.45. The highest BCUT2D eigenvalue weighted by Crippen LogP contribution is 2.31. The lowest BCUT2D eigenvalue weighted by Crippen LogP contribution is -2.54. The second kappa shape index (κ2) is 9.68. The van der Waals surface area contributed by atoms with Gasteiger partial charge >= 0.3 is 0 Å². The largest absolute Gasteiger partial charge is 0.394 e. The van der Waals surface area contributed by atoms with E-state index in [2.05, 4.69) is 12.2 Å². The molecule has 1 saturated carbocycles. The molecule has 120 valence electrons. The molecule has 3 unspecified atom stereocenters. The smallest absolute Gasteiger partial charge is 0.0897 e. The molecule has 0 aliphatic heterocycles. The first-order chi connectivity index (χ1) is 9.62. The molecular weight excluding hydrogens is 258 g/mol. The molecule has 20 heavy (non-hydrogen) atoms. The number of hydrogen-bond donors (Lipinski definition) is 3. The average molecular weight is 289 g/mol. The van der Waals surface area contributed by atoms with E-state index in [1.54, 1.807) is 0 Å². The van der Waals surface area contributed by atoms with Crippen LogP contribution in [0, 0.1) is 5.92 Å². The lowest BCUT2D eigenvalue weighted by atomic mass is 9.77. The predicted molar refractivity (Wildman–Crippen MR) is 78.8 cm³/mol. The molecule has 5 nitrogen and oxygen atoms in total. The van der Waals surface area contributed by atoms with Crippen LogP contribution in [0.1, 0.15) is 39.5 Å². The van der Waals surface area contributed by atoms with E-state index >= 15 is 0 Å². The Kier molecular flexibility index (Phi) is 8.64. The standard InChI is InChI=1S/C15H31NO4/c1-3-19-7-8-20-11-14(18)10-16-15(12-17)6-4-5-13(2)9-15/h13-14,16-18H,3-12H2,1-2H3. The van der Waals surface area contributed by atoms with Crippen LogP contribution in [0.5, 0.6) is 0 Å². The third-order valence-electron chi connectivity index (χ3n) is 3.99. The lowest BCUT2D eigenvalue weighted by molar-refractivity contribution is -0.000428. The molecular formula is C15H31NO4. The highest BCUT2D eigenvalue weighted by atomic mass is 16.5. The molecule has 1 aliphatic rings. The molecule has 1 fully saturated rings. The molecule has 0 heterocycles. The van der Waals surface area contributed by atoms with Crippen LogP contribution in [0.25, 0.3) is 0 Å². The van der Waals surface area contributed by atoms with Crippen LogP contribution < -0.4 is 5.32 Å². The van der Waals surface area contributed by atoms with Gasteiger partial charge in [-0.15, -0.1) is 0 Å². The van der Waals surface area contributed by atoms with Crippen molar-refractivity contribution in [2.45, 2.75) is 51.2 Å². The normalized spacial score (nSPS) is 28.5. The molecule has 0 aromatic heterocycles. The maximum absolute atomic E-state index is 9.90. The summed E-state index contributed by atoms with van der Waals surface area (Å²) in [5, 5.41) is 22.9. The predicted octanol–water partition coefficient (Wildman–Crippen LogP) is 0.931. The molecule has 0 radical (unpaired) electrons. The molecule has 0 saturated heterocycles. The summed E-state index contributed by atoms with van der Waals surface area (Å²) in [6, 6.07) is 0. The van der Waals surface area contributed by atoms with Crippen LogP contribution in [0.4, 0.5) is 0 Å². The van der Waals surface area contributed by atoms with Crippen LogP contribution in [0.15, 0.2) is 0 Å². The van der Waals surface area contributed by atoms with Gasteiger partial charge in [-0.05, 0) is 25.7 Å². The summed E-state index contributed by atoms with van der Waals surface area (Å²) in [4.78, 5) is 0. The van der Waals surface area contributed by atoms with E-state index in [9.17, 15) is 10.2 Å². The van der Waals surface area contributed by atoms with E-state index in [4.69, 9.17) is 9.47 Å². The molecule has 3 N–H and O–H groups in total. The van der Waals surface area contributed by atoms with Crippen molar-refractivity contribution in [2.24, 2.45) is 5.92 Å². The summed E-state index contributed by atoms with van der Waals surface area (Å²) >= 11 is 0. The van der Waals surface area contributed by atoms with E-state index in [0.717, 1.165) is 19.3 Å². The Morgan fingerprint density at radius 3 is 2.75 bits per heavy atom. The number of hydrogen-bond acceptors (Lipinski definition) is 5. The second-order valence-electron chi connectivity index (χ2n) is 5.95. The first kappa shape index (κ1) is 17.9. The maximum Gasteiger partial charge on any atom is 0.0897 e. The van der Waals surface area contributed by atoms with Crippen LogP contribution in [-0.4, -0.2) is 61.4 Å². The monoisotopic (exact) mass is 289 g/mol. The minimum absolute atomic E-state index is 0.134. The van der Waals surface area contributed by atoms with Crippen molar-refractivity contribution in [3.05, 3.63) is 0 Å². The van der Waals surface area contributed by atoms with Gasteiger partial charge < -0.3 is 25.0 Å². The summed E-state index contributed by atoms with van der Waals surface area (Å²) < 4.78 is 10.5. The van der Waals surface area contributed by atoms with E-state index in [1.807, 2.05) is 6.92 Å². The van der Waals surface area contributed by atoms with Gasteiger partial charge in [0.2, 0.25) is 0 Å². The number of rotatable bonds is 10. The summed E-state index contributed by atoms with van der Waals surface area (Å²) in [7, 11) is 0. The fraction of sp³-hybridized carbons (Fsp3) is 1.00. The van der Waals surface area contributed by atoms with Crippen LogP contribution >= 0.6 is 0 Å². The number of β-amino-alcohol motifs (C(OH)–C–C–N with tert-alkyl or cyclic N) is 1. The van der Waals surface area contributed by atoms with Crippen molar-refractivity contribution >= 4 is 0 Å². The van der Waals surface area contributed by atoms with Crippen molar-refractivity contribution in [2.75, 3.05) is 39.6 Å². The zero-order chi connectivity index (χ0) is 14.8. The van der Waals surface area contributed by atoms with E-state index < -0.39 is 6.10 Å². The van der Waals surface area contributed by atoms with Gasteiger partial charge in [-0.2, -0.15) is 0 Å². The Labute approximate surface area is 122 Å². The number of aliphatic hydroxyl groups excluding tert-OH is 2. The Hall–Kier alpha value is -0.200.